The molecule has 2 saturated heterocycles. The van der Waals surface area contributed by atoms with E-state index in [4.69, 9.17) is 9.47 Å². The van der Waals surface area contributed by atoms with Gasteiger partial charge in [-0.25, -0.2) is 9.59 Å². The van der Waals surface area contributed by atoms with E-state index in [1.165, 1.54) is 12.0 Å². The molecule has 1 aromatic rings. The van der Waals surface area contributed by atoms with Crippen molar-refractivity contribution in [3.63, 3.8) is 0 Å². The summed E-state index contributed by atoms with van der Waals surface area (Å²) in [6.07, 6.45) is 1.66. The normalized spacial score (nSPS) is 17.0. The van der Waals surface area contributed by atoms with Gasteiger partial charge in [0.2, 0.25) is 5.91 Å². The van der Waals surface area contributed by atoms with Gasteiger partial charge in [0.05, 0.1) is 12.8 Å². The van der Waals surface area contributed by atoms with Crippen LogP contribution in [0.25, 0.3) is 0 Å². The predicted molar refractivity (Wildman–Crippen MR) is 134 cm³/mol. The molecule has 2 fully saturated rings. The number of carbonyl (C=O) groups is 4. The summed E-state index contributed by atoms with van der Waals surface area (Å²) in [6, 6.07) is 4.36. The van der Waals surface area contributed by atoms with Crippen molar-refractivity contribution in [3.05, 3.63) is 23.8 Å². The molecular weight excluding hydrogens is 466 g/mol. The van der Waals surface area contributed by atoms with E-state index in [1.807, 2.05) is 20.8 Å². The Balaban J connectivity index is 1.41. The van der Waals surface area contributed by atoms with Crippen molar-refractivity contribution < 1.29 is 28.7 Å². The Kier molecular flexibility index (Phi) is 9.14. The molecule has 0 saturated carbocycles. The molecule has 0 unspecified atom stereocenters. The SMILES string of the molecule is COc1ccc(C(=O)NCCCCN2CCN(C(=O)OC(C)(C)C)CC2)cc1N1CCC(=O)NC1=O. The Morgan fingerprint density at radius 2 is 1.78 bits per heavy atom. The summed E-state index contributed by atoms with van der Waals surface area (Å²) in [5, 5.41) is 5.21. The number of unbranched alkanes of at least 4 members (excludes halogenated alkanes) is 1. The lowest BCUT2D eigenvalue weighted by molar-refractivity contribution is -0.120. The standard InChI is InChI=1S/C25H37N5O6/c1-25(2,3)36-24(34)29-15-13-28(14-16-29)11-6-5-10-26-22(32)18-7-8-20(35-4)19(17-18)30-12-9-21(31)27-23(30)33/h7-8,17H,5-6,9-16H2,1-4H3,(H,26,32)(H,27,31,33). The number of hydrogen-bond donors (Lipinski definition) is 2. The molecule has 3 rings (SSSR count). The highest BCUT2D eigenvalue weighted by atomic mass is 16.6. The van der Waals surface area contributed by atoms with Gasteiger partial charge in [-0.15, -0.1) is 0 Å². The van der Waals surface area contributed by atoms with Gasteiger partial charge >= 0.3 is 12.1 Å². The summed E-state index contributed by atoms with van der Waals surface area (Å²) in [4.78, 5) is 54.0. The zero-order valence-corrected chi connectivity index (χ0v) is 21.6. The number of nitrogens with one attached hydrogen (secondary N) is 2. The quantitative estimate of drug-likeness (QED) is 0.522. The van der Waals surface area contributed by atoms with Gasteiger partial charge in [0.1, 0.15) is 11.4 Å². The van der Waals surface area contributed by atoms with Gasteiger partial charge in [-0.2, -0.15) is 0 Å². The van der Waals surface area contributed by atoms with Gasteiger partial charge in [-0.05, 0) is 58.4 Å². The fraction of sp³-hybridized carbons (Fsp3) is 0.600. The van der Waals surface area contributed by atoms with Gasteiger partial charge in [0, 0.05) is 51.3 Å². The Hall–Kier alpha value is -3.34. The molecule has 11 heteroatoms. The van der Waals surface area contributed by atoms with E-state index < -0.39 is 11.6 Å². The Morgan fingerprint density at radius 3 is 2.42 bits per heavy atom. The molecule has 198 valence electrons. The van der Waals surface area contributed by atoms with Gasteiger partial charge < -0.3 is 19.7 Å². The van der Waals surface area contributed by atoms with Gasteiger partial charge in [-0.1, -0.05) is 0 Å². The van der Waals surface area contributed by atoms with E-state index in [1.54, 1.807) is 23.1 Å². The molecule has 0 aromatic heterocycles. The molecule has 11 nitrogen and oxygen atoms in total. The Morgan fingerprint density at radius 1 is 1.06 bits per heavy atom. The molecule has 0 spiro atoms. The number of anilines is 1. The van der Waals surface area contributed by atoms with Crippen LogP contribution in [-0.2, 0) is 9.53 Å². The number of amides is 5. The highest BCUT2D eigenvalue weighted by Gasteiger charge is 2.28. The third-order valence-corrected chi connectivity index (χ3v) is 6.00. The monoisotopic (exact) mass is 503 g/mol. The summed E-state index contributed by atoms with van der Waals surface area (Å²) in [7, 11) is 1.49. The first-order chi connectivity index (χ1) is 17.1. The molecule has 2 heterocycles. The van der Waals surface area contributed by atoms with Crippen molar-refractivity contribution in [1.82, 2.24) is 20.4 Å². The van der Waals surface area contributed by atoms with Crippen molar-refractivity contribution in [3.8, 4) is 5.75 Å². The van der Waals surface area contributed by atoms with Crippen LogP contribution in [0.1, 0.15) is 50.4 Å². The van der Waals surface area contributed by atoms with Crippen molar-refractivity contribution in [2.45, 2.75) is 45.6 Å². The summed E-state index contributed by atoms with van der Waals surface area (Å²) in [5.41, 5.74) is 0.365. The van der Waals surface area contributed by atoms with Gasteiger partial charge in [-0.3, -0.25) is 24.7 Å². The average molecular weight is 504 g/mol. The van der Waals surface area contributed by atoms with Crippen LogP contribution in [0, 0.1) is 0 Å². The number of methoxy groups -OCH3 is 1. The number of piperazine rings is 1. The van der Waals surface area contributed by atoms with Crippen LogP contribution in [-0.4, -0.2) is 92.3 Å². The highest BCUT2D eigenvalue weighted by Crippen LogP contribution is 2.30. The molecule has 0 bridgehead atoms. The lowest BCUT2D eigenvalue weighted by atomic mass is 10.1. The number of benzene rings is 1. The fourth-order valence-corrected chi connectivity index (χ4v) is 4.08. The second-order valence-electron chi connectivity index (χ2n) is 9.91. The maximum atomic E-state index is 12.7. The first kappa shape index (κ1) is 27.3. The van der Waals surface area contributed by atoms with Crippen molar-refractivity contribution in [2.75, 3.05) is 57.8 Å². The lowest BCUT2D eigenvalue weighted by Crippen LogP contribution is -2.50. The van der Waals surface area contributed by atoms with Gasteiger partial charge in [0.25, 0.3) is 5.91 Å². The van der Waals surface area contributed by atoms with E-state index in [0.717, 1.165) is 32.5 Å². The zero-order chi connectivity index (χ0) is 26.3. The molecule has 2 aliphatic rings. The number of ether oxygens (including phenoxy) is 2. The molecular formula is C25H37N5O6. The molecule has 36 heavy (non-hydrogen) atoms. The first-order valence-electron chi connectivity index (χ1n) is 12.4. The van der Waals surface area contributed by atoms with Crippen LogP contribution in [0.2, 0.25) is 0 Å². The minimum Gasteiger partial charge on any atom is -0.495 e. The fourth-order valence-electron chi connectivity index (χ4n) is 4.08. The second kappa shape index (κ2) is 12.1. The number of hydrogen-bond acceptors (Lipinski definition) is 7. The van der Waals surface area contributed by atoms with Crippen LogP contribution < -0.4 is 20.3 Å². The summed E-state index contributed by atoms with van der Waals surface area (Å²) < 4.78 is 10.8. The molecule has 1 aromatic carbocycles. The maximum Gasteiger partial charge on any atom is 0.410 e. The van der Waals surface area contributed by atoms with Crippen LogP contribution in [0.3, 0.4) is 0 Å². The van der Waals surface area contributed by atoms with Crippen molar-refractivity contribution in [2.24, 2.45) is 0 Å². The minimum absolute atomic E-state index is 0.182. The lowest BCUT2D eigenvalue weighted by Gasteiger charge is -2.35. The van der Waals surface area contributed by atoms with Gasteiger partial charge in [0.15, 0.2) is 0 Å². The Bertz CT molecular complexity index is 968. The van der Waals surface area contributed by atoms with Crippen LogP contribution in [0.5, 0.6) is 5.75 Å². The predicted octanol–water partition coefficient (Wildman–Crippen LogP) is 2.20. The number of urea groups is 1. The largest absolute Gasteiger partial charge is 0.495 e. The molecule has 2 aliphatic heterocycles. The summed E-state index contributed by atoms with van der Waals surface area (Å²) in [5.74, 6) is -0.116. The van der Waals surface area contributed by atoms with E-state index in [2.05, 4.69) is 15.5 Å². The van der Waals surface area contributed by atoms with Crippen molar-refractivity contribution >= 4 is 29.6 Å². The third-order valence-electron chi connectivity index (χ3n) is 6.00. The molecule has 0 radical (unpaired) electrons. The molecule has 0 atom stereocenters. The Labute approximate surface area is 212 Å². The first-order valence-corrected chi connectivity index (χ1v) is 12.4. The number of carbonyl (C=O) groups excluding carboxylic acids is 4. The molecule has 5 amide bonds. The van der Waals surface area contributed by atoms with E-state index >= 15 is 0 Å². The smallest absolute Gasteiger partial charge is 0.410 e. The van der Waals surface area contributed by atoms with Crippen LogP contribution in [0.4, 0.5) is 15.3 Å². The summed E-state index contributed by atoms with van der Waals surface area (Å²) >= 11 is 0. The van der Waals surface area contributed by atoms with Crippen molar-refractivity contribution in [1.29, 1.82) is 0 Å². The van der Waals surface area contributed by atoms with E-state index in [-0.39, 0.29) is 30.9 Å². The number of imide groups is 1. The average Bonchev–Trinajstić information content (AvgIpc) is 2.82. The van der Waals surface area contributed by atoms with E-state index in [0.29, 0.717) is 36.6 Å². The van der Waals surface area contributed by atoms with Crippen LogP contribution >= 0.6 is 0 Å². The second-order valence-corrected chi connectivity index (χ2v) is 9.91. The molecule has 0 aliphatic carbocycles. The third kappa shape index (κ3) is 7.58. The topological polar surface area (TPSA) is 121 Å². The summed E-state index contributed by atoms with van der Waals surface area (Å²) in [6.45, 7) is 10.1. The molecule has 2 N–H and O–H groups in total. The zero-order valence-electron chi connectivity index (χ0n) is 21.6. The maximum absolute atomic E-state index is 12.7. The van der Waals surface area contributed by atoms with E-state index in [9.17, 15) is 19.2 Å². The highest BCUT2D eigenvalue weighted by molar-refractivity contribution is 6.07. The minimum atomic E-state index is -0.533. The number of nitrogens with zero attached hydrogens (tertiary/aromatic N) is 3. The van der Waals surface area contributed by atoms with Crippen LogP contribution in [0.15, 0.2) is 18.2 Å². The number of rotatable bonds is 8.